The number of nitrogens with one attached hydrogen (secondary N) is 1. The molecule has 4 heteroatoms. The van der Waals surface area contributed by atoms with Gasteiger partial charge in [-0.1, -0.05) is 23.4 Å². The third kappa shape index (κ3) is 2.16. The lowest BCUT2D eigenvalue weighted by Crippen LogP contribution is -2.28. The van der Waals surface area contributed by atoms with Gasteiger partial charge in [0.05, 0.1) is 0 Å². The van der Waals surface area contributed by atoms with Crippen LogP contribution in [0.25, 0.3) is 11.5 Å². The van der Waals surface area contributed by atoms with Gasteiger partial charge in [0, 0.05) is 18.0 Å². The first-order valence-corrected chi connectivity index (χ1v) is 6.45. The summed E-state index contributed by atoms with van der Waals surface area (Å²) in [6.45, 7) is 4.10. The van der Waals surface area contributed by atoms with Crippen LogP contribution in [0.4, 0.5) is 0 Å². The second-order valence-corrected chi connectivity index (χ2v) is 4.82. The molecule has 4 nitrogen and oxygen atoms in total. The molecule has 1 unspecified atom stereocenters. The Balaban J connectivity index is 1.87. The van der Waals surface area contributed by atoms with Crippen LogP contribution in [0.1, 0.15) is 30.1 Å². The normalized spacial score (nSPS) is 19.9. The summed E-state index contributed by atoms with van der Waals surface area (Å²) in [6, 6.07) is 8.09. The molecule has 2 heterocycles. The number of rotatable bonds is 2. The average Bonchev–Trinajstić information content (AvgIpc) is 2.90. The fraction of sp³-hybridized carbons (Fsp3) is 0.429. The van der Waals surface area contributed by atoms with Gasteiger partial charge < -0.3 is 9.84 Å². The van der Waals surface area contributed by atoms with E-state index in [1.54, 1.807) is 0 Å². The lowest BCUT2D eigenvalue weighted by atomic mass is 9.99. The first kappa shape index (κ1) is 11.4. The van der Waals surface area contributed by atoms with Crippen molar-refractivity contribution in [1.82, 2.24) is 15.5 Å². The topological polar surface area (TPSA) is 51.0 Å². The Kier molecular flexibility index (Phi) is 3.11. The molecule has 1 N–H and O–H groups in total. The second kappa shape index (κ2) is 4.90. The summed E-state index contributed by atoms with van der Waals surface area (Å²) < 4.78 is 5.40. The lowest BCUT2D eigenvalue weighted by Gasteiger charge is -2.19. The van der Waals surface area contributed by atoms with Crippen LogP contribution in [0.15, 0.2) is 28.8 Å². The van der Waals surface area contributed by atoms with Crippen molar-refractivity contribution in [3.8, 4) is 11.5 Å². The minimum atomic E-state index is 0.389. The maximum Gasteiger partial charge on any atom is 0.258 e. The Morgan fingerprint density at radius 1 is 1.33 bits per heavy atom. The molecule has 94 valence electrons. The van der Waals surface area contributed by atoms with E-state index in [9.17, 15) is 0 Å². The Morgan fingerprint density at radius 2 is 2.22 bits per heavy atom. The predicted octanol–water partition coefficient (Wildman–Crippen LogP) is 2.51. The van der Waals surface area contributed by atoms with Crippen molar-refractivity contribution in [1.29, 1.82) is 0 Å². The van der Waals surface area contributed by atoms with Crippen LogP contribution in [-0.2, 0) is 0 Å². The monoisotopic (exact) mass is 243 g/mol. The molecule has 0 aliphatic carbocycles. The van der Waals surface area contributed by atoms with Crippen molar-refractivity contribution in [3.63, 3.8) is 0 Å². The van der Waals surface area contributed by atoms with Crippen molar-refractivity contribution in [2.45, 2.75) is 25.7 Å². The van der Waals surface area contributed by atoms with Crippen molar-refractivity contribution in [2.24, 2.45) is 0 Å². The first-order chi connectivity index (χ1) is 8.84. The highest BCUT2D eigenvalue weighted by Gasteiger charge is 2.21. The fourth-order valence-corrected chi connectivity index (χ4v) is 2.40. The molecule has 0 amide bonds. The van der Waals surface area contributed by atoms with Crippen LogP contribution in [0.3, 0.4) is 0 Å². The van der Waals surface area contributed by atoms with Crippen LogP contribution in [0, 0.1) is 6.92 Å². The number of piperidine rings is 1. The van der Waals surface area contributed by atoms with Crippen molar-refractivity contribution < 1.29 is 4.52 Å². The van der Waals surface area contributed by atoms with Gasteiger partial charge in [-0.2, -0.15) is 4.98 Å². The third-order valence-electron chi connectivity index (χ3n) is 3.48. The quantitative estimate of drug-likeness (QED) is 0.880. The van der Waals surface area contributed by atoms with E-state index in [2.05, 4.69) is 28.4 Å². The molecule has 1 aliphatic heterocycles. The molecule has 0 spiro atoms. The van der Waals surface area contributed by atoms with Crippen molar-refractivity contribution in [2.75, 3.05) is 13.1 Å². The van der Waals surface area contributed by atoms with Crippen LogP contribution in [0.5, 0.6) is 0 Å². The van der Waals surface area contributed by atoms with E-state index in [4.69, 9.17) is 4.52 Å². The van der Waals surface area contributed by atoms with Gasteiger partial charge in [-0.3, -0.25) is 0 Å². The van der Waals surface area contributed by atoms with Crippen LogP contribution < -0.4 is 5.32 Å². The van der Waals surface area contributed by atoms with Gasteiger partial charge in [0.15, 0.2) is 5.82 Å². The molecule has 1 aromatic carbocycles. The molecule has 3 rings (SSSR count). The molecular weight excluding hydrogens is 226 g/mol. The molecule has 1 saturated heterocycles. The molecular formula is C14H17N3O. The Hall–Kier alpha value is -1.68. The minimum Gasteiger partial charge on any atom is -0.334 e. The summed E-state index contributed by atoms with van der Waals surface area (Å²) in [5.74, 6) is 1.86. The summed E-state index contributed by atoms with van der Waals surface area (Å²) >= 11 is 0. The summed E-state index contributed by atoms with van der Waals surface area (Å²) in [7, 11) is 0. The zero-order valence-electron chi connectivity index (χ0n) is 10.5. The number of nitrogens with zero attached hydrogens (tertiary/aromatic N) is 2. The standard InChI is InChI=1S/C14H17N3O/c1-10-5-2-3-7-12(10)14-16-13(17-18-14)11-6-4-8-15-9-11/h2-3,5,7,11,15H,4,6,8-9H2,1H3. The predicted molar refractivity (Wildman–Crippen MR) is 69.3 cm³/mol. The Bertz CT molecular complexity index is 529. The van der Waals surface area contributed by atoms with E-state index in [0.717, 1.165) is 36.5 Å². The number of benzene rings is 1. The molecule has 1 aliphatic rings. The largest absolute Gasteiger partial charge is 0.334 e. The smallest absolute Gasteiger partial charge is 0.258 e. The van der Waals surface area contributed by atoms with Gasteiger partial charge in [-0.15, -0.1) is 0 Å². The van der Waals surface area contributed by atoms with E-state index >= 15 is 0 Å². The van der Waals surface area contributed by atoms with Crippen molar-refractivity contribution in [3.05, 3.63) is 35.7 Å². The van der Waals surface area contributed by atoms with Gasteiger partial charge >= 0.3 is 0 Å². The highest BCUT2D eigenvalue weighted by atomic mass is 16.5. The van der Waals surface area contributed by atoms with Crippen LogP contribution in [0.2, 0.25) is 0 Å². The van der Waals surface area contributed by atoms with Gasteiger partial charge in [0.25, 0.3) is 5.89 Å². The lowest BCUT2D eigenvalue weighted by molar-refractivity contribution is 0.393. The molecule has 2 aromatic rings. The van der Waals surface area contributed by atoms with Crippen LogP contribution >= 0.6 is 0 Å². The minimum absolute atomic E-state index is 0.389. The average molecular weight is 243 g/mol. The SMILES string of the molecule is Cc1ccccc1-c1nc(C2CCCNC2)no1. The van der Waals surface area contributed by atoms with Gasteiger partial charge in [0.2, 0.25) is 0 Å². The summed E-state index contributed by atoms with van der Waals surface area (Å²) in [5.41, 5.74) is 2.19. The number of hydrogen-bond acceptors (Lipinski definition) is 4. The van der Waals surface area contributed by atoms with E-state index in [-0.39, 0.29) is 0 Å². The molecule has 1 aromatic heterocycles. The molecule has 0 bridgehead atoms. The van der Waals surface area contributed by atoms with E-state index in [1.807, 2.05) is 18.2 Å². The summed E-state index contributed by atoms with van der Waals surface area (Å²) in [6.07, 6.45) is 2.32. The van der Waals surface area contributed by atoms with Gasteiger partial charge in [0.1, 0.15) is 0 Å². The fourth-order valence-electron chi connectivity index (χ4n) is 2.40. The molecule has 1 fully saturated rings. The van der Waals surface area contributed by atoms with Crippen molar-refractivity contribution >= 4 is 0 Å². The highest BCUT2D eigenvalue weighted by molar-refractivity contribution is 5.57. The molecule has 0 radical (unpaired) electrons. The molecule has 1 atom stereocenters. The second-order valence-electron chi connectivity index (χ2n) is 4.82. The third-order valence-corrected chi connectivity index (χ3v) is 3.48. The molecule has 0 saturated carbocycles. The maximum atomic E-state index is 5.40. The van der Waals surface area contributed by atoms with E-state index in [0.29, 0.717) is 11.8 Å². The van der Waals surface area contributed by atoms with Crippen LogP contribution in [-0.4, -0.2) is 23.2 Å². The van der Waals surface area contributed by atoms with E-state index < -0.39 is 0 Å². The number of hydrogen-bond donors (Lipinski definition) is 1. The number of aromatic nitrogens is 2. The van der Waals surface area contributed by atoms with Gasteiger partial charge in [-0.05, 0) is 37.9 Å². The molecule has 18 heavy (non-hydrogen) atoms. The zero-order valence-corrected chi connectivity index (χ0v) is 10.5. The summed E-state index contributed by atoms with van der Waals surface area (Å²) in [5, 5.41) is 7.50. The highest BCUT2D eigenvalue weighted by Crippen LogP contribution is 2.25. The summed E-state index contributed by atoms with van der Waals surface area (Å²) in [4.78, 5) is 4.55. The zero-order chi connectivity index (χ0) is 12.4. The number of aryl methyl sites for hydroxylation is 1. The Morgan fingerprint density at radius 3 is 3.00 bits per heavy atom. The first-order valence-electron chi connectivity index (χ1n) is 6.45. The van der Waals surface area contributed by atoms with E-state index in [1.165, 1.54) is 6.42 Å². The van der Waals surface area contributed by atoms with Gasteiger partial charge in [-0.25, -0.2) is 0 Å². The maximum absolute atomic E-state index is 5.40. The Labute approximate surface area is 106 Å².